The number of nitrogens with one attached hydrogen (secondary N) is 2. The Kier molecular flexibility index (Phi) is 4.77. The second kappa shape index (κ2) is 6.98. The molecule has 0 bridgehead atoms. The molecular weight excluding hydrogens is 326 g/mol. The maximum atomic E-state index is 12.4. The summed E-state index contributed by atoms with van der Waals surface area (Å²) in [6.07, 6.45) is 0. The first-order chi connectivity index (χ1) is 11.5. The van der Waals surface area contributed by atoms with Gasteiger partial charge in [0.2, 0.25) is 5.95 Å². The predicted octanol–water partition coefficient (Wildman–Crippen LogP) is 1.28. The molecule has 4 N–H and O–H groups in total. The summed E-state index contributed by atoms with van der Waals surface area (Å²) in [6.45, 7) is 4.49. The molecule has 1 aromatic heterocycles. The summed E-state index contributed by atoms with van der Waals surface area (Å²) in [4.78, 5) is 21.7. The second-order valence-electron chi connectivity index (χ2n) is 5.57. The van der Waals surface area contributed by atoms with Crippen LogP contribution in [0.2, 0.25) is 0 Å². The van der Waals surface area contributed by atoms with E-state index < -0.39 is 0 Å². The highest BCUT2D eigenvalue weighted by Gasteiger charge is 2.18. The van der Waals surface area contributed by atoms with Crippen LogP contribution in [0.15, 0.2) is 29.1 Å². The predicted molar refractivity (Wildman–Crippen MR) is 98.8 cm³/mol. The molecule has 0 atom stereocenters. The number of ether oxygens (including phenoxy) is 1. The summed E-state index contributed by atoms with van der Waals surface area (Å²) in [7, 11) is 0. The van der Waals surface area contributed by atoms with Gasteiger partial charge in [0.05, 0.1) is 13.2 Å². The number of benzene rings is 1. The van der Waals surface area contributed by atoms with Gasteiger partial charge in [-0.05, 0) is 24.6 Å². The van der Waals surface area contributed by atoms with Crippen molar-refractivity contribution < 1.29 is 4.74 Å². The average Bonchev–Trinajstić information content (AvgIpc) is 2.55. The van der Waals surface area contributed by atoms with Crippen molar-refractivity contribution in [3.05, 3.63) is 45.7 Å². The highest BCUT2D eigenvalue weighted by Crippen LogP contribution is 2.15. The molecule has 0 aliphatic carbocycles. The normalized spacial score (nSPS) is 14.5. The van der Waals surface area contributed by atoms with Crippen molar-refractivity contribution in [1.29, 1.82) is 0 Å². The van der Waals surface area contributed by atoms with E-state index in [1.165, 1.54) is 0 Å². The topological polar surface area (TPSA) is 96.3 Å². The number of nitrogen functional groups attached to an aromatic ring is 1. The lowest BCUT2D eigenvalue weighted by Crippen LogP contribution is -2.39. The van der Waals surface area contributed by atoms with Crippen LogP contribution >= 0.6 is 12.2 Å². The first-order valence-electron chi connectivity index (χ1n) is 7.65. The van der Waals surface area contributed by atoms with Gasteiger partial charge in [0, 0.05) is 18.8 Å². The minimum Gasteiger partial charge on any atom is -0.383 e. The van der Waals surface area contributed by atoms with Gasteiger partial charge in [-0.2, -0.15) is 4.98 Å². The summed E-state index contributed by atoms with van der Waals surface area (Å²) in [5, 5.41) is 3.04. The van der Waals surface area contributed by atoms with Crippen LogP contribution in [0.25, 0.3) is 0 Å². The fourth-order valence-corrected chi connectivity index (χ4v) is 2.85. The molecule has 0 radical (unpaired) electrons. The van der Waals surface area contributed by atoms with Crippen molar-refractivity contribution in [3.8, 4) is 0 Å². The van der Waals surface area contributed by atoms with E-state index in [0.29, 0.717) is 32.3 Å². The van der Waals surface area contributed by atoms with E-state index in [2.05, 4.69) is 15.3 Å². The van der Waals surface area contributed by atoms with E-state index in [-0.39, 0.29) is 21.9 Å². The standard InChI is InChI=1S/C16H19N5O2S/c1-10-3-2-4-11(9-10)18-15(24)12-13(17)19-16(20-14(12)22)21-5-7-23-8-6-21/h2-4,9H,5-8H2,1H3,(H,18,24)(H3,17,19,20,22). The lowest BCUT2D eigenvalue weighted by molar-refractivity contribution is 0.122. The summed E-state index contributed by atoms with van der Waals surface area (Å²) in [5.41, 5.74) is 7.72. The van der Waals surface area contributed by atoms with E-state index in [9.17, 15) is 4.79 Å². The Balaban J connectivity index is 1.85. The fourth-order valence-electron chi connectivity index (χ4n) is 2.54. The van der Waals surface area contributed by atoms with Crippen molar-refractivity contribution in [2.75, 3.05) is 42.3 Å². The molecule has 0 saturated carbocycles. The van der Waals surface area contributed by atoms with Crippen LogP contribution in [0.1, 0.15) is 11.1 Å². The number of H-pyrrole nitrogens is 1. The molecule has 2 aromatic rings. The van der Waals surface area contributed by atoms with Crippen molar-refractivity contribution in [3.63, 3.8) is 0 Å². The maximum absolute atomic E-state index is 12.4. The fraction of sp³-hybridized carbons (Fsp3) is 0.312. The molecule has 1 aliphatic rings. The molecule has 1 aromatic carbocycles. The first kappa shape index (κ1) is 16.4. The van der Waals surface area contributed by atoms with Crippen molar-refractivity contribution in [2.45, 2.75) is 6.92 Å². The lowest BCUT2D eigenvalue weighted by Gasteiger charge is -2.27. The van der Waals surface area contributed by atoms with Crippen LogP contribution in [0.5, 0.6) is 0 Å². The number of aryl methyl sites for hydroxylation is 1. The number of rotatable bonds is 3. The van der Waals surface area contributed by atoms with Crippen LogP contribution in [0.3, 0.4) is 0 Å². The van der Waals surface area contributed by atoms with Gasteiger partial charge in [0.15, 0.2) is 0 Å². The van der Waals surface area contributed by atoms with E-state index in [1.54, 1.807) is 0 Å². The van der Waals surface area contributed by atoms with E-state index in [4.69, 9.17) is 22.7 Å². The number of hydrogen-bond acceptors (Lipinski definition) is 6. The van der Waals surface area contributed by atoms with Gasteiger partial charge in [-0.25, -0.2) is 0 Å². The Bertz CT molecular complexity index is 814. The van der Waals surface area contributed by atoms with Gasteiger partial charge in [0.1, 0.15) is 16.4 Å². The van der Waals surface area contributed by atoms with Gasteiger partial charge >= 0.3 is 0 Å². The monoisotopic (exact) mass is 345 g/mol. The Hall–Kier alpha value is -2.45. The number of nitrogens with zero attached hydrogens (tertiary/aromatic N) is 2. The van der Waals surface area contributed by atoms with Gasteiger partial charge in [-0.1, -0.05) is 24.4 Å². The number of hydrogen-bond donors (Lipinski definition) is 3. The van der Waals surface area contributed by atoms with E-state index in [0.717, 1.165) is 11.3 Å². The largest absolute Gasteiger partial charge is 0.383 e. The molecule has 1 fully saturated rings. The Morgan fingerprint density at radius 1 is 1.42 bits per heavy atom. The molecule has 24 heavy (non-hydrogen) atoms. The minimum absolute atomic E-state index is 0.116. The van der Waals surface area contributed by atoms with Crippen LogP contribution in [0, 0.1) is 6.92 Å². The summed E-state index contributed by atoms with van der Waals surface area (Å²) in [5.74, 6) is 0.563. The smallest absolute Gasteiger partial charge is 0.264 e. The van der Waals surface area contributed by atoms with Gasteiger partial charge in [-0.15, -0.1) is 0 Å². The molecule has 7 nitrogen and oxygen atoms in total. The second-order valence-corrected chi connectivity index (χ2v) is 5.98. The first-order valence-corrected chi connectivity index (χ1v) is 8.06. The number of anilines is 3. The molecule has 2 heterocycles. The van der Waals surface area contributed by atoms with Crippen LogP contribution in [-0.4, -0.2) is 41.3 Å². The highest BCUT2D eigenvalue weighted by atomic mass is 32.1. The summed E-state index contributed by atoms with van der Waals surface area (Å²) < 4.78 is 5.30. The van der Waals surface area contributed by atoms with E-state index >= 15 is 0 Å². The quantitative estimate of drug-likeness (QED) is 0.721. The maximum Gasteiger partial charge on any atom is 0.264 e. The molecule has 3 rings (SSSR count). The van der Waals surface area contributed by atoms with Crippen molar-refractivity contribution >= 4 is 34.7 Å². The Morgan fingerprint density at radius 3 is 2.83 bits per heavy atom. The van der Waals surface area contributed by atoms with Gasteiger partial charge in [-0.3, -0.25) is 9.78 Å². The zero-order valence-electron chi connectivity index (χ0n) is 13.3. The van der Waals surface area contributed by atoms with Crippen LogP contribution < -0.4 is 21.5 Å². The number of aromatic amines is 1. The van der Waals surface area contributed by atoms with Crippen molar-refractivity contribution in [2.24, 2.45) is 0 Å². The molecule has 1 saturated heterocycles. The summed E-state index contributed by atoms with van der Waals surface area (Å²) >= 11 is 5.34. The molecular formula is C16H19N5O2S. The van der Waals surface area contributed by atoms with Crippen LogP contribution in [0.4, 0.5) is 17.5 Å². The number of thiocarbonyl (C=S) groups is 1. The molecule has 0 spiro atoms. The van der Waals surface area contributed by atoms with E-state index in [1.807, 2.05) is 36.1 Å². The Labute approximate surface area is 144 Å². The molecule has 0 unspecified atom stereocenters. The number of morpholine rings is 1. The Morgan fingerprint density at radius 2 is 2.17 bits per heavy atom. The SMILES string of the molecule is Cc1cccc(NC(=S)c2c(N)nc(N3CCOCC3)[nH]c2=O)c1. The number of nitrogens with two attached hydrogens (primary N) is 1. The van der Waals surface area contributed by atoms with Crippen LogP contribution in [-0.2, 0) is 4.74 Å². The molecule has 8 heteroatoms. The zero-order chi connectivity index (χ0) is 17.1. The molecule has 1 aliphatic heterocycles. The van der Waals surface area contributed by atoms with Gasteiger partial charge < -0.3 is 20.7 Å². The molecule has 126 valence electrons. The number of aromatic nitrogens is 2. The molecule has 0 amide bonds. The third kappa shape index (κ3) is 3.55. The highest BCUT2D eigenvalue weighted by molar-refractivity contribution is 7.81. The van der Waals surface area contributed by atoms with Gasteiger partial charge in [0.25, 0.3) is 5.56 Å². The third-order valence-corrected chi connectivity index (χ3v) is 4.05. The average molecular weight is 345 g/mol. The minimum atomic E-state index is -0.353. The lowest BCUT2D eigenvalue weighted by atomic mass is 10.2. The zero-order valence-corrected chi connectivity index (χ0v) is 14.2. The summed E-state index contributed by atoms with van der Waals surface area (Å²) in [6, 6.07) is 7.70. The van der Waals surface area contributed by atoms with Crippen molar-refractivity contribution in [1.82, 2.24) is 9.97 Å². The third-order valence-electron chi connectivity index (χ3n) is 3.75.